The van der Waals surface area contributed by atoms with Crippen LogP contribution in [0, 0.1) is 0 Å². The first-order valence-electron chi connectivity index (χ1n) is 5.37. The van der Waals surface area contributed by atoms with Crippen LogP contribution in [0.3, 0.4) is 0 Å². The Morgan fingerprint density at radius 3 is 3.06 bits per heavy atom. The van der Waals surface area contributed by atoms with E-state index in [9.17, 15) is 4.55 Å². The lowest BCUT2D eigenvalue weighted by molar-refractivity contribution is 0.584. The normalized spacial score (nSPS) is 12.9. The highest BCUT2D eigenvalue weighted by Gasteiger charge is 2.02. The third-order valence-corrected chi connectivity index (χ3v) is 3.83. The molecule has 3 N–H and O–H groups in total. The number of pyridine rings is 1. The van der Waals surface area contributed by atoms with Gasteiger partial charge in [0.25, 0.3) is 0 Å². The van der Waals surface area contributed by atoms with Crippen LogP contribution in [0.2, 0.25) is 0 Å². The lowest BCUT2D eigenvalue weighted by Crippen LogP contribution is -2.09. The van der Waals surface area contributed by atoms with E-state index in [1.165, 1.54) is 0 Å². The van der Waals surface area contributed by atoms with Gasteiger partial charge in [-0.25, -0.2) is 4.98 Å². The Balaban J connectivity index is 1.77. The standard InChI is InChI=1S/C10H13N5OS2/c11-9-10(15-18(16)14-9)13-6-3-7-17-8-4-1-2-5-12-8/h1-2,4-5H,3,6-7H2,(H2,11,14)(H,13,15). The van der Waals surface area contributed by atoms with Gasteiger partial charge in [-0.1, -0.05) is 6.07 Å². The molecule has 0 saturated heterocycles. The lowest BCUT2D eigenvalue weighted by Gasteiger charge is -1.97. The zero-order chi connectivity index (χ0) is 12.8. The highest BCUT2D eigenvalue weighted by atomic mass is 32.2. The second kappa shape index (κ2) is 6.53. The summed E-state index contributed by atoms with van der Waals surface area (Å²) in [5.74, 6) is 1.14. The third kappa shape index (κ3) is 3.83. The topological polar surface area (TPSA) is 103 Å². The molecular weight excluding hydrogens is 270 g/mol. The Hall–Kier alpha value is -1.38. The summed E-state index contributed by atoms with van der Waals surface area (Å²) in [6.45, 7) is 0.621. The minimum Gasteiger partial charge on any atom is -0.548 e. The molecule has 0 amide bonds. The maximum absolute atomic E-state index is 11.0. The van der Waals surface area contributed by atoms with Crippen LogP contribution in [0.4, 0.5) is 5.82 Å². The summed E-state index contributed by atoms with van der Waals surface area (Å²) >= 11 is 0.229. The van der Waals surface area contributed by atoms with Crippen LogP contribution in [-0.2, 0) is 0 Å². The van der Waals surface area contributed by atoms with Gasteiger partial charge in [-0.15, -0.1) is 16.1 Å². The quantitative estimate of drug-likeness (QED) is 0.487. The molecule has 2 heterocycles. The summed E-state index contributed by atoms with van der Waals surface area (Å²) < 4.78 is 17.2. The maximum Gasteiger partial charge on any atom is 0.229 e. The highest BCUT2D eigenvalue weighted by molar-refractivity contribution is 7.99. The predicted octanol–water partition coefficient (Wildman–Crippen LogP) is 1.20. The van der Waals surface area contributed by atoms with E-state index in [0.29, 0.717) is 12.0 Å². The predicted molar refractivity (Wildman–Crippen MR) is 71.7 cm³/mol. The molecule has 1 atom stereocenters. The van der Waals surface area contributed by atoms with Crippen molar-refractivity contribution in [2.24, 2.45) is 4.99 Å². The fourth-order valence-corrected chi connectivity index (χ4v) is 2.71. The van der Waals surface area contributed by atoms with Gasteiger partial charge < -0.3 is 10.3 Å². The first kappa shape index (κ1) is 13.1. The first-order valence-corrected chi connectivity index (χ1v) is 7.46. The van der Waals surface area contributed by atoms with Crippen LogP contribution in [0.25, 0.3) is 0 Å². The molecule has 0 fully saturated rings. The van der Waals surface area contributed by atoms with Crippen LogP contribution in [0.5, 0.6) is 0 Å². The summed E-state index contributed by atoms with van der Waals surface area (Å²) in [5, 5.41) is 1.01. The fraction of sp³-hybridized carbons (Fsp3) is 0.300. The number of H-pyrrole nitrogens is 1. The van der Waals surface area contributed by atoms with E-state index in [1.54, 1.807) is 18.0 Å². The van der Waals surface area contributed by atoms with Gasteiger partial charge in [0, 0.05) is 22.9 Å². The van der Waals surface area contributed by atoms with Crippen molar-refractivity contribution in [2.75, 3.05) is 18.0 Å². The molecule has 0 spiro atoms. The monoisotopic (exact) mass is 283 g/mol. The fourth-order valence-electron chi connectivity index (χ4n) is 1.27. The lowest BCUT2D eigenvalue weighted by atomic mass is 10.5. The van der Waals surface area contributed by atoms with Gasteiger partial charge in [-0.3, -0.25) is 4.99 Å². The number of nitrogens with zero attached hydrogens (tertiary/aromatic N) is 3. The number of nitrogen functional groups attached to an aromatic ring is 1. The summed E-state index contributed by atoms with van der Waals surface area (Å²) in [6, 6.07) is 5.83. The molecule has 0 saturated carbocycles. The molecule has 0 aromatic carbocycles. The second-order valence-corrected chi connectivity index (χ2v) is 5.43. The van der Waals surface area contributed by atoms with Crippen LogP contribution in [0.15, 0.2) is 34.4 Å². The summed E-state index contributed by atoms with van der Waals surface area (Å²) in [5.41, 5.74) is 5.95. The zero-order valence-corrected chi connectivity index (χ0v) is 11.2. The number of hydrogen-bond acceptors (Lipinski definition) is 6. The zero-order valence-electron chi connectivity index (χ0n) is 9.57. The van der Waals surface area contributed by atoms with Crippen LogP contribution in [0.1, 0.15) is 6.42 Å². The first-order chi connectivity index (χ1) is 8.75. The summed E-state index contributed by atoms with van der Waals surface area (Å²) in [4.78, 5) is 8.42. The number of aromatic nitrogens is 3. The van der Waals surface area contributed by atoms with Crippen molar-refractivity contribution >= 4 is 28.7 Å². The van der Waals surface area contributed by atoms with Gasteiger partial charge in [-0.05, 0) is 18.6 Å². The molecule has 0 aliphatic heterocycles. The Morgan fingerprint density at radius 1 is 1.50 bits per heavy atom. The number of anilines is 1. The Labute approximate surface area is 111 Å². The van der Waals surface area contributed by atoms with Crippen molar-refractivity contribution in [3.8, 4) is 0 Å². The molecule has 1 unspecified atom stereocenters. The highest BCUT2D eigenvalue weighted by Crippen LogP contribution is 2.14. The molecule has 8 heteroatoms. The van der Waals surface area contributed by atoms with Crippen molar-refractivity contribution in [1.29, 1.82) is 0 Å². The number of thioether (sulfide) groups is 1. The average molecular weight is 283 g/mol. The Morgan fingerprint density at radius 2 is 2.39 bits per heavy atom. The third-order valence-electron chi connectivity index (χ3n) is 2.07. The van der Waals surface area contributed by atoms with Gasteiger partial charge >= 0.3 is 0 Å². The van der Waals surface area contributed by atoms with E-state index < -0.39 is 11.1 Å². The van der Waals surface area contributed by atoms with E-state index in [2.05, 4.69) is 18.7 Å². The molecule has 2 aromatic rings. The van der Waals surface area contributed by atoms with Crippen molar-refractivity contribution in [3.63, 3.8) is 0 Å². The molecule has 2 rings (SSSR count). The Kier molecular flexibility index (Phi) is 4.73. The van der Waals surface area contributed by atoms with Crippen LogP contribution in [-0.4, -0.2) is 30.6 Å². The number of hydrogen-bond donors (Lipinski definition) is 2. The summed E-state index contributed by atoms with van der Waals surface area (Å²) in [6.07, 6.45) is 2.67. The number of aromatic amines is 1. The van der Waals surface area contributed by atoms with Crippen LogP contribution < -0.4 is 11.2 Å². The average Bonchev–Trinajstić information content (AvgIpc) is 2.69. The van der Waals surface area contributed by atoms with E-state index >= 15 is 0 Å². The second-order valence-electron chi connectivity index (χ2n) is 3.43. The van der Waals surface area contributed by atoms with Crippen LogP contribution >= 0.6 is 22.9 Å². The molecule has 0 aliphatic rings. The minimum atomic E-state index is -1.45. The molecule has 96 valence electrons. The number of nitrogens with one attached hydrogen (secondary N) is 1. The summed E-state index contributed by atoms with van der Waals surface area (Å²) in [7, 11) is 0. The van der Waals surface area contributed by atoms with Crippen molar-refractivity contribution < 1.29 is 4.55 Å². The van der Waals surface area contributed by atoms with Crippen molar-refractivity contribution in [2.45, 2.75) is 11.4 Å². The van der Waals surface area contributed by atoms with E-state index in [-0.39, 0.29) is 5.82 Å². The molecule has 0 aliphatic carbocycles. The Bertz CT molecular complexity index is 551. The van der Waals surface area contributed by atoms with Gasteiger partial charge in [0.15, 0.2) is 11.1 Å². The minimum absolute atomic E-state index is 0.214. The molecule has 2 aromatic heterocycles. The molecular formula is C10H13N5OS2. The molecule has 0 radical (unpaired) electrons. The molecule has 6 nitrogen and oxygen atoms in total. The van der Waals surface area contributed by atoms with Gasteiger partial charge in [0.1, 0.15) is 0 Å². The SMILES string of the molecule is Nc1n[s+]([O-])[nH]c1=NCCCSc1ccccn1. The van der Waals surface area contributed by atoms with Gasteiger partial charge in [-0.2, -0.15) is 0 Å². The van der Waals surface area contributed by atoms with Crippen molar-refractivity contribution in [1.82, 2.24) is 13.7 Å². The number of rotatable bonds is 5. The molecule has 0 bridgehead atoms. The van der Waals surface area contributed by atoms with E-state index in [4.69, 9.17) is 5.73 Å². The van der Waals surface area contributed by atoms with Gasteiger partial charge in [0.2, 0.25) is 11.3 Å². The largest absolute Gasteiger partial charge is 0.548 e. The number of nitrogens with two attached hydrogens (primary N) is 1. The van der Waals surface area contributed by atoms with E-state index in [0.717, 1.165) is 17.2 Å². The van der Waals surface area contributed by atoms with Gasteiger partial charge in [0.05, 0.1) is 5.03 Å². The van der Waals surface area contributed by atoms with E-state index in [1.807, 2.05) is 18.2 Å². The maximum atomic E-state index is 11.0. The molecule has 18 heavy (non-hydrogen) atoms. The smallest absolute Gasteiger partial charge is 0.229 e. The van der Waals surface area contributed by atoms with Crippen molar-refractivity contribution in [3.05, 3.63) is 29.9 Å².